The molecule has 6 nitrogen and oxygen atoms in total. The first-order valence-electron chi connectivity index (χ1n) is 6.68. The normalized spacial score (nSPS) is 10.6. The van der Waals surface area contributed by atoms with E-state index in [1.54, 1.807) is 42.5 Å². The van der Waals surface area contributed by atoms with Crippen molar-refractivity contribution < 1.29 is 9.59 Å². The predicted octanol–water partition coefficient (Wildman–Crippen LogP) is 2.31. The van der Waals surface area contributed by atoms with Crippen molar-refractivity contribution in [3.8, 4) is 0 Å². The number of amides is 1. The number of hydrogen-bond acceptors (Lipinski definition) is 3. The van der Waals surface area contributed by atoms with Crippen molar-refractivity contribution in [1.82, 2.24) is 9.97 Å². The molecule has 0 saturated carbocycles. The van der Waals surface area contributed by atoms with Crippen molar-refractivity contribution in [1.29, 1.82) is 0 Å². The first-order chi connectivity index (χ1) is 10.5. The average molecular weight is 295 g/mol. The van der Waals surface area contributed by atoms with Crippen molar-refractivity contribution in [3.05, 3.63) is 64.1 Å². The van der Waals surface area contributed by atoms with E-state index in [2.05, 4.69) is 15.3 Å². The molecular weight excluding hydrogens is 282 g/mol. The summed E-state index contributed by atoms with van der Waals surface area (Å²) in [6.45, 7) is 1.46. The number of ketones is 1. The molecule has 0 saturated heterocycles. The Morgan fingerprint density at radius 2 is 1.82 bits per heavy atom. The number of anilines is 1. The van der Waals surface area contributed by atoms with Crippen molar-refractivity contribution in [2.24, 2.45) is 0 Å². The highest BCUT2D eigenvalue weighted by atomic mass is 16.2. The Balaban J connectivity index is 1.95. The molecule has 110 valence electrons. The Morgan fingerprint density at radius 3 is 2.59 bits per heavy atom. The molecule has 0 aliphatic rings. The first kappa shape index (κ1) is 13.8. The summed E-state index contributed by atoms with van der Waals surface area (Å²) < 4.78 is 0. The lowest BCUT2D eigenvalue weighted by molar-refractivity contribution is 0.101. The lowest BCUT2D eigenvalue weighted by atomic mass is 10.1. The van der Waals surface area contributed by atoms with Gasteiger partial charge in [0.15, 0.2) is 5.78 Å². The molecule has 3 rings (SSSR count). The fraction of sp³-hybridized carbons (Fsp3) is 0.0625. The molecule has 0 aliphatic carbocycles. The molecule has 6 heteroatoms. The van der Waals surface area contributed by atoms with Gasteiger partial charge in [0.2, 0.25) is 0 Å². The quantitative estimate of drug-likeness (QED) is 0.647. The van der Waals surface area contributed by atoms with E-state index in [1.165, 1.54) is 6.92 Å². The Hall–Kier alpha value is -3.15. The van der Waals surface area contributed by atoms with Crippen LogP contribution in [0.25, 0.3) is 11.0 Å². The van der Waals surface area contributed by atoms with Crippen molar-refractivity contribution in [3.63, 3.8) is 0 Å². The minimum Gasteiger partial charge on any atom is -0.322 e. The maximum absolute atomic E-state index is 12.4. The molecule has 0 unspecified atom stereocenters. The Morgan fingerprint density at radius 1 is 1.05 bits per heavy atom. The summed E-state index contributed by atoms with van der Waals surface area (Å²) in [4.78, 5) is 40.3. The van der Waals surface area contributed by atoms with E-state index in [4.69, 9.17) is 0 Å². The minimum absolute atomic E-state index is 0.0758. The number of Topliss-reactive ketones (excluding diaryl/α,β-unsaturated/α-hetero) is 1. The number of fused-ring (bicyclic) bond motifs is 1. The predicted molar refractivity (Wildman–Crippen MR) is 83.3 cm³/mol. The summed E-state index contributed by atoms with van der Waals surface area (Å²) in [5.41, 5.74) is 2.04. The van der Waals surface area contributed by atoms with Crippen molar-refractivity contribution in [2.45, 2.75) is 6.92 Å². The second kappa shape index (κ2) is 5.33. The zero-order chi connectivity index (χ0) is 15.7. The van der Waals surface area contributed by atoms with E-state index >= 15 is 0 Å². The van der Waals surface area contributed by atoms with Gasteiger partial charge >= 0.3 is 5.69 Å². The topological polar surface area (TPSA) is 94.8 Å². The molecule has 22 heavy (non-hydrogen) atoms. The van der Waals surface area contributed by atoms with Gasteiger partial charge in [-0.2, -0.15) is 0 Å². The molecular formula is C16H13N3O3. The summed E-state index contributed by atoms with van der Waals surface area (Å²) in [7, 11) is 0. The number of aromatic nitrogens is 2. The number of hydrogen-bond donors (Lipinski definition) is 3. The Bertz CT molecular complexity index is 937. The van der Waals surface area contributed by atoms with Gasteiger partial charge in [0.25, 0.3) is 5.91 Å². The van der Waals surface area contributed by atoms with Gasteiger partial charge in [-0.1, -0.05) is 18.2 Å². The van der Waals surface area contributed by atoms with Crippen LogP contribution in [0.1, 0.15) is 27.6 Å². The van der Waals surface area contributed by atoms with Crippen LogP contribution >= 0.6 is 0 Å². The van der Waals surface area contributed by atoms with Gasteiger partial charge in [-0.05, 0) is 31.2 Å². The number of benzene rings is 2. The molecule has 0 bridgehead atoms. The van der Waals surface area contributed by atoms with E-state index in [0.717, 1.165) is 0 Å². The minimum atomic E-state index is -0.367. The molecule has 0 atom stereocenters. The number of rotatable bonds is 3. The summed E-state index contributed by atoms with van der Waals surface area (Å²) >= 11 is 0. The van der Waals surface area contributed by atoms with E-state index in [1.807, 2.05) is 0 Å². The maximum Gasteiger partial charge on any atom is 0.323 e. The zero-order valence-electron chi connectivity index (χ0n) is 11.8. The Labute approximate surface area is 125 Å². The Kier molecular flexibility index (Phi) is 3.34. The molecule has 1 heterocycles. The van der Waals surface area contributed by atoms with Crippen LogP contribution in [0.2, 0.25) is 0 Å². The number of carbonyl (C=O) groups is 2. The van der Waals surface area contributed by atoms with Crippen molar-refractivity contribution >= 4 is 28.4 Å². The second-order valence-corrected chi connectivity index (χ2v) is 4.90. The fourth-order valence-corrected chi connectivity index (χ4v) is 2.26. The van der Waals surface area contributed by atoms with E-state index in [9.17, 15) is 14.4 Å². The van der Waals surface area contributed by atoms with E-state index in [0.29, 0.717) is 27.8 Å². The molecule has 0 spiro atoms. The molecule has 3 aromatic rings. The van der Waals surface area contributed by atoms with Gasteiger partial charge in [0.1, 0.15) is 0 Å². The third-order valence-corrected chi connectivity index (χ3v) is 3.32. The van der Waals surface area contributed by atoms with Crippen LogP contribution in [0.4, 0.5) is 5.69 Å². The third-order valence-electron chi connectivity index (χ3n) is 3.32. The van der Waals surface area contributed by atoms with Crippen LogP contribution in [-0.2, 0) is 0 Å². The second-order valence-electron chi connectivity index (χ2n) is 4.90. The number of para-hydroxylation sites is 1. The number of aromatic amines is 2. The monoisotopic (exact) mass is 295 g/mol. The zero-order valence-corrected chi connectivity index (χ0v) is 11.8. The highest BCUT2D eigenvalue weighted by Gasteiger charge is 2.12. The maximum atomic E-state index is 12.4. The lowest BCUT2D eigenvalue weighted by Gasteiger charge is -2.07. The summed E-state index contributed by atoms with van der Waals surface area (Å²) in [5, 5.41) is 2.73. The van der Waals surface area contributed by atoms with Gasteiger partial charge < -0.3 is 15.3 Å². The number of H-pyrrole nitrogens is 2. The summed E-state index contributed by atoms with van der Waals surface area (Å²) in [6, 6.07) is 11.7. The molecule has 3 N–H and O–H groups in total. The largest absolute Gasteiger partial charge is 0.323 e. The van der Waals surface area contributed by atoms with E-state index < -0.39 is 0 Å². The van der Waals surface area contributed by atoms with Crippen LogP contribution in [-0.4, -0.2) is 21.7 Å². The van der Waals surface area contributed by atoms with Gasteiger partial charge in [0.05, 0.1) is 16.6 Å². The van der Waals surface area contributed by atoms with Gasteiger partial charge in [-0.25, -0.2) is 4.79 Å². The highest BCUT2D eigenvalue weighted by Crippen LogP contribution is 2.17. The number of imidazole rings is 1. The van der Waals surface area contributed by atoms with Crippen LogP contribution in [0, 0.1) is 0 Å². The van der Waals surface area contributed by atoms with Crippen molar-refractivity contribution in [2.75, 3.05) is 5.32 Å². The van der Waals surface area contributed by atoms with Gasteiger partial charge in [0, 0.05) is 11.3 Å². The fourth-order valence-electron chi connectivity index (χ4n) is 2.26. The van der Waals surface area contributed by atoms with Crippen LogP contribution in [0.15, 0.2) is 47.3 Å². The van der Waals surface area contributed by atoms with Crippen LogP contribution < -0.4 is 11.0 Å². The van der Waals surface area contributed by atoms with Crippen LogP contribution in [0.5, 0.6) is 0 Å². The lowest BCUT2D eigenvalue weighted by Crippen LogP contribution is -2.13. The molecule has 1 aromatic heterocycles. The van der Waals surface area contributed by atoms with Crippen LogP contribution in [0.3, 0.4) is 0 Å². The third kappa shape index (κ3) is 2.54. The average Bonchev–Trinajstić information content (AvgIpc) is 2.87. The standard InChI is InChI=1S/C16H13N3O3/c1-9(20)10-4-2-5-11(8-10)17-15(21)12-6-3-7-13-14(12)19-16(22)18-13/h2-8H,1H3,(H,17,21)(H2,18,19,22). The highest BCUT2D eigenvalue weighted by molar-refractivity contribution is 6.11. The number of carbonyl (C=O) groups excluding carboxylic acids is 2. The van der Waals surface area contributed by atoms with Gasteiger partial charge in [-0.3, -0.25) is 9.59 Å². The first-order valence-corrected chi connectivity index (χ1v) is 6.68. The summed E-state index contributed by atoms with van der Waals surface area (Å²) in [5.74, 6) is -0.435. The van der Waals surface area contributed by atoms with E-state index in [-0.39, 0.29) is 17.4 Å². The SMILES string of the molecule is CC(=O)c1cccc(NC(=O)c2cccc3[nH]c(=O)[nH]c23)c1. The molecule has 0 aliphatic heterocycles. The summed E-state index contributed by atoms with van der Waals surface area (Å²) in [6.07, 6.45) is 0. The number of nitrogens with one attached hydrogen (secondary N) is 3. The molecule has 1 amide bonds. The molecule has 0 radical (unpaired) electrons. The molecule has 0 fully saturated rings. The van der Waals surface area contributed by atoms with Gasteiger partial charge in [-0.15, -0.1) is 0 Å². The smallest absolute Gasteiger partial charge is 0.322 e. The molecule has 2 aromatic carbocycles.